The highest BCUT2D eigenvalue weighted by Crippen LogP contribution is 2.21. The SMILES string of the molecule is C[C@H]1CN(C(=O)c2ccc(I)cc2Cl)CCO1. The van der Waals surface area contributed by atoms with Gasteiger partial charge in [-0.25, -0.2) is 0 Å². The molecule has 1 fully saturated rings. The molecule has 0 spiro atoms. The highest BCUT2D eigenvalue weighted by molar-refractivity contribution is 14.1. The number of benzene rings is 1. The van der Waals surface area contributed by atoms with Crippen molar-refractivity contribution in [2.45, 2.75) is 13.0 Å². The van der Waals surface area contributed by atoms with Crippen molar-refractivity contribution < 1.29 is 9.53 Å². The molecule has 1 aliphatic heterocycles. The van der Waals surface area contributed by atoms with Gasteiger partial charge >= 0.3 is 0 Å². The topological polar surface area (TPSA) is 29.5 Å². The van der Waals surface area contributed by atoms with Gasteiger partial charge in [-0.1, -0.05) is 11.6 Å². The summed E-state index contributed by atoms with van der Waals surface area (Å²) in [6.45, 7) is 3.82. The van der Waals surface area contributed by atoms with Crippen molar-refractivity contribution in [1.29, 1.82) is 0 Å². The van der Waals surface area contributed by atoms with Crippen LogP contribution >= 0.6 is 34.2 Å². The predicted octanol–water partition coefficient (Wildman–Crippen LogP) is 2.81. The fraction of sp³-hybridized carbons (Fsp3) is 0.417. The summed E-state index contributed by atoms with van der Waals surface area (Å²) >= 11 is 8.27. The van der Waals surface area contributed by atoms with Crippen LogP contribution in [-0.4, -0.2) is 36.6 Å². The van der Waals surface area contributed by atoms with E-state index < -0.39 is 0 Å². The lowest BCUT2D eigenvalue weighted by atomic mass is 10.2. The van der Waals surface area contributed by atoms with Crippen LogP contribution in [-0.2, 0) is 4.74 Å². The molecule has 2 rings (SSSR count). The summed E-state index contributed by atoms with van der Waals surface area (Å²) in [5.74, 6) is -0.0125. The molecule has 1 aromatic carbocycles. The van der Waals surface area contributed by atoms with Gasteiger partial charge in [-0.2, -0.15) is 0 Å². The Balaban J connectivity index is 2.18. The molecule has 0 unspecified atom stereocenters. The first-order chi connectivity index (χ1) is 8.08. The molecule has 1 heterocycles. The number of halogens is 2. The highest BCUT2D eigenvalue weighted by atomic mass is 127. The van der Waals surface area contributed by atoms with Crippen molar-refractivity contribution in [2.75, 3.05) is 19.7 Å². The van der Waals surface area contributed by atoms with Gasteiger partial charge in [0.15, 0.2) is 0 Å². The van der Waals surface area contributed by atoms with Crippen LogP contribution in [0, 0.1) is 3.57 Å². The highest BCUT2D eigenvalue weighted by Gasteiger charge is 2.23. The largest absolute Gasteiger partial charge is 0.375 e. The van der Waals surface area contributed by atoms with E-state index in [2.05, 4.69) is 22.6 Å². The molecule has 92 valence electrons. The molecule has 17 heavy (non-hydrogen) atoms. The number of hydrogen-bond acceptors (Lipinski definition) is 2. The Kier molecular flexibility index (Phi) is 4.27. The minimum atomic E-state index is -0.0125. The molecule has 0 aliphatic carbocycles. The van der Waals surface area contributed by atoms with E-state index in [9.17, 15) is 4.79 Å². The Labute approximate surface area is 119 Å². The average molecular weight is 366 g/mol. The third kappa shape index (κ3) is 3.11. The van der Waals surface area contributed by atoms with Crippen LogP contribution in [0.25, 0.3) is 0 Å². The fourth-order valence-electron chi connectivity index (χ4n) is 1.84. The van der Waals surface area contributed by atoms with Crippen molar-refractivity contribution in [3.05, 3.63) is 32.4 Å². The molecule has 0 N–H and O–H groups in total. The van der Waals surface area contributed by atoms with Gasteiger partial charge in [-0.3, -0.25) is 4.79 Å². The van der Waals surface area contributed by atoms with E-state index in [4.69, 9.17) is 16.3 Å². The van der Waals surface area contributed by atoms with E-state index >= 15 is 0 Å². The molecule has 1 aromatic rings. The van der Waals surface area contributed by atoms with Crippen molar-refractivity contribution in [3.63, 3.8) is 0 Å². The third-order valence-corrected chi connectivity index (χ3v) is 3.67. The van der Waals surface area contributed by atoms with Crippen LogP contribution in [0.3, 0.4) is 0 Å². The van der Waals surface area contributed by atoms with E-state index in [-0.39, 0.29) is 12.0 Å². The lowest BCUT2D eigenvalue weighted by molar-refractivity contribution is -0.0124. The van der Waals surface area contributed by atoms with Gasteiger partial charge in [0.05, 0.1) is 23.3 Å². The molecule has 5 heteroatoms. The van der Waals surface area contributed by atoms with Gasteiger partial charge in [0, 0.05) is 16.7 Å². The predicted molar refractivity (Wildman–Crippen MR) is 75.5 cm³/mol. The number of rotatable bonds is 1. The van der Waals surface area contributed by atoms with Crippen molar-refractivity contribution in [2.24, 2.45) is 0 Å². The molecule has 0 aromatic heterocycles. The Morgan fingerprint density at radius 3 is 3.00 bits per heavy atom. The third-order valence-electron chi connectivity index (χ3n) is 2.69. The Morgan fingerprint density at radius 2 is 2.35 bits per heavy atom. The number of carbonyl (C=O) groups is 1. The summed E-state index contributed by atoms with van der Waals surface area (Å²) in [4.78, 5) is 14.1. The lowest BCUT2D eigenvalue weighted by Gasteiger charge is -2.31. The number of carbonyl (C=O) groups excluding carboxylic acids is 1. The number of amides is 1. The van der Waals surface area contributed by atoms with Gasteiger partial charge < -0.3 is 9.64 Å². The monoisotopic (exact) mass is 365 g/mol. The van der Waals surface area contributed by atoms with Crippen LogP contribution in [0.4, 0.5) is 0 Å². The fourth-order valence-corrected chi connectivity index (χ4v) is 2.77. The zero-order valence-electron chi connectivity index (χ0n) is 9.45. The van der Waals surface area contributed by atoms with Crippen molar-refractivity contribution >= 4 is 40.1 Å². The molecular weight excluding hydrogens is 352 g/mol. The van der Waals surface area contributed by atoms with Crippen LogP contribution in [0.15, 0.2) is 18.2 Å². The Bertz CT molecular complexity index is 439. The summed E-state index contributed by atoms with van der Waals surface area (Å²) in [6, 6.07) is 5.48. The van der Waals surface area contributed by atoms with Gasteiger partial charge in [0.2, 0.25) is 0 Å². The van der Waals surface area contributed by atoms with Crippen LogP contribution < -0.4 is 0 Å². The zero-order valence-corrected chi connectivity index (χ0v) is 12.4. The summed E-state index contributed by atoms with van der Waals surface area (Å²) in [5, 5.41) is 0.515. The van der Waals surface area contributed by atoms with Gasteiger partial charge in [0.1, 0.15) is 0 Å². The maximum Gasteiger partial charge on any atom is 0.255 e. The van der Waals surface area contributed by atoms with E-state index in [1.165, 1.54) is 0 Å². The summed E-state index contributed by atoms with van der Waals surface area (Å²) in [6.07, 6.45) is 0.0929. The zero-order chi connectivity index (χ0) is 12.4. The summed E-state index contributed by atoms with van der Waals surface area (Å²) in [7, 11) is 0. The van der Waals surface area contributed by atoms with Gasteiger partial charge in [-0.15, -0.1) is 0 Å². The second kappa shape index (κ2) is 5.54. The number of morpholine rings is 1. The second-order valence-electron chi connectivity index (χ2n) is 4.06. The molecule has 1 aliphatic rings. The quantitative estimate of drug-likeness (QED) is 0.716. The summed E-state index contributed by atoms with van der Waals surface area (Å²) < 4.78 is 6.44. The Morgan fingerprint density at radius 1 is 1.59 bits per heavy atom. The minimum Gasteiger partial charge on any atom is -0.375 e. The molecule has 1 atom stereocenters. The summed E-state index contributed by atoms with van der Waals surface area (Å²) in [5.41, 5.74) is 0.571. The molecule has 0 radical (unpaired) electrons. The number of hydrogen-bond donors (Lipinski definition) is 0. The van der Waals surface area contributed by atoms with Crippen molar-refractivity contribution in [1.82, 2.24) is 4.90 Å². The van der Waals surface area contributed by atoms with Crippen LogP contribution in [0.5, 0.6) is 0 Å². The number of ether oxygens (including phenoxy) is 1. The maximum absolute atomic E-state index is 12.3. The molecule has 1 amide bonds. The van der Waals surface area contributed by atoms with E-state index in [1.807, 2.05) is 13.0 Å². The molecule has 1 saturated heterocycles. The maximum atomic E-state index is 12.3. The van der Waals surface area contributed by atoms with Gasteiger partial charge in [0.25, 0.3) is 5.91 Å². The van der Waals surface area contributed by atoms with Crippen LogP contribution in [0.1, 0.15) is 17.3 Å². The molecule has 0 saturated carbocycles. The Hall–Kier alpha value is -0.330. The second-order valence-corrected chi connectivity index (χ2v) is 5.71. The van der Waals surface area contributed by atoms with E-state index in [0.717, 1.165) is 3.57 Å². The van der Waals surface area contributed by atoms with Gasteiger partial charge in [-0.05, 0) is 47.7 Å². The van der Waals surface area contributed by atoms with Crippen molar-refractivity contribution in [3.8, 4) is 0 Å². The van der Waals surface area contributed by atoms with E-state index in [1.54, 1.807) is 17.0 Å². The molecular formula is C12H13ClINO2. The lowest BCUT2D eigenvalue weighted by Crippen LogP contribution is -2.44. The molecule has 0 bridgehead atoms. The average Bonchev–Trinajstić information content (AvgIpc) is 2.28. The smallest absolute Gasteiger partial charge is 0.255 e. The molecule has 3 nitrogen and oxygen atoms in total. The first kappa shape index (κ1) is 13.1. The number of nitrogens with zero attached hydrogens (tertiary/aromatic N) is 1. The minimum absolute atomic E-state index is 0.0125. The van der Waals surface area contributed by atoms with E-state index in [0.29, 0.717) is 30.3 Å². The normalized spacial score (nSPS) is 20.4. The first-order valence-corrected chi connectivity index (χ1v) is 6.89. The van der Waals surface area contributed by atoms with Crippen LogP contribution in [0.2, 0.25) is 5.02 Å². The standard InChI is InChI=1S/C12H13ClINO2/c1-8-7-15(4-5-17-8)12(16)10-3-2-9(14)6-11(10)13/h2-3,6,8H,4-5,7H2,1H3/t8-/m0/s1. The first-order valence-electron chi connectivity index (χ1n) is 5.44.